The van der Waals surface area contributed by atoms with Crippen LogP contribution < -0.4 is 4.90 Å². The van der Waals surface area contributed by atoms with Gasteiger partial charge in [-0.25, -0.2) is 0 Å². The molecule has 1 fully saturated rings. The Balaban J connectivity index is 1.82. The van der Waals surface area contributed by atoms with Crippen LogP contribution in [0, 0.1) is 0 Å². The van der Waals surface area contributed by atoms with E-state index in [-0.39, 0.29) is 30.2 Å². The Labute approximate surface area is 145 Å². The van der Waals surface area contributed by atoms with E-state index in [2.05, 4.69) is 0 Å². The van der Waals surface area contributed by atoms with Gasteiger partial charge in [0, 0.05) is 18.2 Å². The third-order valence-corrected chi connectivity index (χ3v) is 4.40. The van der Waals surface area contributed by atoms with Gasteiger partial charge in [-0.05, 0) is 37.3 Å². The van der Waals surface area contributed by atoms with E-state index < -0.39 is 0 Å². The summed E-state index contributed by atoms with van der Waals surface area (Å²) in [6, 6.07) is 13.1. The Kier molecular flexibility index (Phi) is 4.44. The second-order valence-electron chi connectivity index (χ2n) is 5.79. The number of anilines is 1. The second kappa shape index (κ2) is 6.53. The van der Waals surface area contributed by atoms with Gasteiger partial charge in [0.15, 0.2) is 0 Å². The van der Waals surface area contributed by atoms with Crippen LogP contribution in [0.5, 0.6) is 5.75 Å². The number of benzene rings is 2. The molecule has 2 aromatic carbocycles. The molecule has 1 saturated heterocycles. The molecule has 6 heteroatoms. The molecule has 0 bridgehead atoms. The lowest BCUT2D eigenvalue weighted by atomic mass is 10.1. The van der Waals surface area contributed by atoms with Crippen molar-refractivity contribution in [3.63, 3.8) is 0 Å². The molecule has 2 amide bonds. The van der Waals surface area contributed by atoms with Crippen molar-refractivity contribution < 1.29 is 14.7 Å². The average Bonchev–Trinajstić information content (AvgIpc) is 2.56. The van der Waals surface area contributed by atoms with Crippen LogP contribution in [0.2, 0.25) is 5.02 Å². The molecule has 0 aliphatic carbocycles. The molecule has 3 rings (SSSR count). The SMILES string of the molecule is C[C@H]1CN(c2ccccc2Cl)C(=O)CN1C(=O)c1cccc(O)c1. The summed E-state index contributed by atoms with van der Waals surface area (Å²) in [4.78, 5) is 28.3. The number of piperazine rings is 1. The van der Waals surface area contributed by atoms with E-state index in [0.29, 0.717) is 22.8 Å². The molecule has 5 nitrogen and oxygen atoms in total. The van der Waals surface area contributed by atoms with Gasteiger partial charge in [-0.1, -0.05) is 29.8 Å². The van der Waals surface area contributed by atoms with E-state index in [0.717, 1.165) is 0 Å². The van der Waals surface area contributed by atoms with E-state index in [9.17, 15) is 14.7 Å². The van der Waals surface area contributed by atoms with E-state index in [1.165, 1.54) is 17.0 Å². The number of phenols is 1. The van der Waals surface area contributed by atoms with Gasteiger partial charge < -0.3 is 14.9 Å². The van der Waals surface area contributed by atoms with Crippen LogP contribution in [0.15, 0.2) is 48.5 Å². The highest BCUT2D eigenvalue weighted by molar-refractivity contribution is 6.33. The van der Waals surface area contributed by atoms with Crippen LogP contribution in [-0.2, 0) is 4.79 Å². The molecule has 2 aromatic rings. The maximum absolute atomic E-state index is 12.6. The molecule has 124 valence electrons. The number of aromatic hydroxyl groups is 1. The van der Waals surface area contributed by atoms with Crippen molar-refractivity contribution in [2.45, 2.75) is 13.0 Å². The molecule has 0 radical (unpaired) electrons. The van der Waals surface area contributed by atoms with Crippen LogP contribution in [0.1, 0.15) is 17.3 Å². The fourth-order valence-corrected chi connectivity index (χ4v) is 3.07. The number of halogens is 1. The van der Waals surface area contributed by atoms with Crippen LogP contribution in [0.4, 0.5) is 5.69 Å². The molecule has 0 saturated carbocycles. The Morgan fingerprint density at radius 3 is 2.67 bits per heavy atom. The van der Waals surface area contributed by atoms with Gasteiger partial charge in [0.1, 0.15) is 12.3 Å². The summed E-state index contributed by atoms with van der Waals surface area (Å²) in [6.07, 6.45) is 0. The molecule has 1 aliphatic rings. The lowest BCUT2D eigenvalue weighted by Gasteiger charge is -2.39. The summed E-state index contributed by atoms with van der Waals surface area (Å²) in [5, 5.41) is 10.0. The lowest BCUT2D eigenvalue weighted by molar-refractivity contribution is -0.121. The fourth-order valence-electron chi connectivity index (χ4n) is 2.83. The number of hydrogen-bond acceptors (Lipinski definition) is 3. The maximum atomic E-state index is 12.6. The number of nitrogens with zero attached hydrogens (tertiary/aromatic N) is 2. The molecule has 1 aliphatic heterocycles. The molecule has 1 N–H and O–H groups in total. The Hall–Kier alpha value is -2.53. The number of amides is 2. The van der Waals surface area contributed by atoms with Gasteiger partial charge >= 0.3 is 0 Å². The van der Waals surface area contributed by atoms with Gasteiger partial charge in [-0.15, -0.1) is 0 Å². The highest BCUT2D eigenvalue weighted by Crippen LogP contribution is 2.28. The highest BCUT2D eigenvalue weighted by Gasteiger charge is 2.34. The third kappa shape index (κ3) is 3.08. The predicted molar refractivity (Wildman–Crippen MR) is 92.4 cm³/mol. The van der Waals surface area contributed by atoms with Crippen molar-refractivity contribution >= 4 is 29.1 Å². The van der Waals surface area contributed by atoms with Crippen molar-refractivity contribution in [2.75, 3.05) is 18.0 Å². The van der Waals surface area contributed by atoms with Crippen molar-refractivity contribution in [3.8, 4) is 5.75 Å². The van der Waals surface area contributed by atoms with Gasteiger partial charge in [-0.3, -0.25) is 9.59 Å². The largest absolute Gasteiger partial charge is 0.508 e. The summed E-state index contributed by atoms with van der Waals surface area (Å²) in [5.74, 6) is -0.435. The third-order valence-electron chi connectivity index (χ3n) is 4.08. The Morgan fingerprint density at radius 1 is 1.21 bits per heavy atom. The molecular formula is C18H17ClN2O3. The Bertz CT molecular complexity index is 793. The summed E-state index contributed by atoms with van der Waals surface area (Å²) >= 11 is 6.18. The van der Waals surface area contributed by atoms with Crippen LogP contribution >= 0.6 is 11.6 Å². The first-order chi connectivity index (χ1) is 11.5. The normalized spacial score (nSPS) is 17.9. The summed E-state index contributed by atoms with van der Waals surface area (Å²) in [7, 11) is 0. The second-order valence-corrected chi connectivity index (χ2v) is 6.20. The first-order valence-electron chi connectivity index (χ1n) is 7.62. The first kappa shape index (κ1) is 16.3. The monoisotopic (exact) mass is 344 g/mol. The molecule has 0 spiro atoms. The zero-order valence-corrected chi connectivity index (χ0v) is 13.9. The van der Waals surface area contributed by atoms with Crippen LogP contribution in [-0.4, -0.2) is 41.0 Å². The van der Waals surface area contributed by atoms with Gasteiger partial charge in [-0.2, -0.15) is 0 Å². The first-order valence-corrected chi connectivity index (χ1v) is 8.00. The smallest absolute Gasteiger partial charge is 0.254 e. The minimum Gasteiger partial charge on any atom is -0.508 e. The average molecular weight is 345 g/mol. The maximum Gasteiger partial charge on any atom is 0.254 e. The predicted octanol–water partition coefficient (Wildman–Crippen LogP) is 2.92. The number of carbonyl (C=O) groups excluding carboxylic acids is 2. The van der Waals surface area contributed by atoms with E-state index in [4.69, 9.17) is 11.6 Å². The van der Waals surface area contributed by atoms with E-state index in [1.807, 2.05) is 13.0 Å². The summed E-state index contributed by atoms with van der Waals surface area (Å²) in [5.41, 5.74) is 1.02. The van der Waals surface area contributed by atoms with Crippen molar-refractivity contribution in [1.29, 1.82) is 0 Å². The number of phenolic OH excluding ortho intramolecular Hbond substituents is 1. The van der Waals surface area contributed by atoms with Gasteiger partial charge in [0.25, 0.3) is 5.91 Å². The Morgan fingerprint density at radius 2 is 1.96 bits per heavy atom. The van der Waals surface area contributed by atoms with Crippen molar-refractivity contribution in [1.82, 2.24) is 4.90 Å². The lowest BCUT2D eigenvalue weighted by Crippen LogP contribution is -2.57. The zero-order chi connectivity index (χ0) is 17.3. The fraction of sp³-hybridized carbons (Fsp3) is 0.222. The van der Waals surface area contributed by atoms with E-state index >= 15 is 0 Å². The number of para-hydroxylation sites is 1. The van der Waals surface area contributed by atoms with Crippen LogP contribution in [0.3, 0.4) is 0 Å². The van der Waals surface area contributed by atoms with Crippen molar-refractivity contribution in [3.05, 3.63) is 59.1 Å². The molecule has 1 heterocycles. The number of carbonyl (C=O) groups is 2. The zero-order valence-electron chi connectivity index (χ0n) is 13.1. The topological polar surface area (TPSA) is 60.9 Å². The molecule has 0 aromatic heterocycles. The van der Waals surface area contributed by atoms with Gasteiger partial charge in [0.05, 0.1) is 10.7 Å². The minimum absolute atomic E-state index is 0.0227. The van der Waals surface area contributed by atoms with Crippen LogP contribution in [0.25, 0.3) is 0 Å². The molecule has 0 unspecified atom stereocenters. The summed E-state index contributed by atoms with van der Waals surface area (Å²) in [6.45, 7) is 2.23. The number of hydrogen-bond donors (Lipinski definition) is 1. The van der Waals surface area contributed by atoms with Crippen molar-refractivity contribution in [2.24, 2.45) is 0 Å². The standard InChI is InChI=1S/C18H17ClN2O3/c1-12-10-21(16-8-3-2-7-15(16)19)17(23)11-20(12)18(24)13-5-4-6-14(22)9-13/h2-9,12,22H,10-11H2,1H3/t12-/m0/s1. The van der Waals surface area contributed by atoms with E-state index in [1.54, 1.807) is 35.2 Å². The van der Waals surface area contributed by atoms with Gasteiger partial charge in [0.2, 0.25) is 5.91 Å². The molecule has 24 heavy (non-hydrogen) atoms. The highest BCUT2D eigenvalue weighted by atomic mass is 35.5. The summed E-state index contributed by atoms with van der Waals surface area (Å²) < 4.78 is 0. The molecule has 1 atom stereocenters. The minimum atomic E-state index is -0.273. The molecular weight excluding hydrogens is 328 g/mol. The quantitative estimate of drug-likeness (QED) is 0.911. The number of rotatable bonds is 2.